The summed E-state index contributed by atoms with van der Waals surface area (Å²) in [5, 5.41) is 11.6. The number of amides is 1. The third-order valence-electron chi connectivity index (χ3n) is 3.48. The minimum atomic E-state index is -0.330. The van der Waals surface area contributed by atoms with Crippen LogP contribution in [0.4, 0.5) is 5.69 Å². The summed E-state index contributed by atoms with van der Waals surface area (Å²) in [5.41, 5.74) is 6.18. The molecule has 1 amide bonds. The molecule has 1 aliphatic heterocycles. The minimum absolute atomic E-state index is 0.168. The summed E-state index contributed by atoms with van der Waals surface area (Å²) < 4.78 is 5.45. The van der Waals surface area contributed by atoms with E-state index in [0.717, 1.165) is 24.8 Å². The topological polar surface area (TPSA) is 90.1 Å². The first kappa shape index (κ1) is 13.3. The Labute approximate surface area is 120 Å². The molecule has 3 rings (SSSR count). The SMILES string of the molecule is CC1(NC(=O)c2sc3nnccc3c2N)CCCOC1. The van der Waals surface area contributed by atoms with Gasteiger partial charge >= 0.3 is 0 Å². The van der Waals surface area contributed by atoms with Gasteiger partial charge < -0.3 is 15.8 Å². The van der Waals surface area contributed by atoms with Gasteiger partial charge in [-0.15, -0.1) is 16.4 Å². The van der Waals surface area contributed by atoms with Gasteiger partial charge in [-0.1, -0.05) is 0 Å². The summed E-state index contributed by atoms with van der Waals surface area (Å²) in [5.74, 6) is -0.168. The van der Waals surface area contributed by atoms with Crippen molar-refractivity contribution < 1.29 is 9.53 Å². The second kappa shape index (κ2) is 4.99. The fourth-order valence-corrected chi connectivity index (χ4v) is 3.34. The predicted molar refractivity (Wildman–Crippen MR) is 77.8 cm³/mol. The van der Waals surface area contributed by atoms with Crippen molar-refractivity contribution >= 4 is 33.1 Å². The van der Waals surface area contributed by atoms with Crippen LogP contribution >= 0.6 is 11.3 Å². The molecule has 1 atom stereocenters. The standard InChI is InChI=1S/C13H16N4O2S/c1-13(4-2-6-19-7-13)16-11(18)10-9(14)8-3-5-15-17-12(8)20-10/h3,5H,2,4,6-7,14H2,1H3,(H,16,18). The molecular weight excluding hydrogens is 276 g/mol. The highest BCUT2D eigenvalue weighted by molar-refractivity contribution is 7.21. The van der Waals surface area contributed by atoms with E-state index in [-0.39, 0.29) is 11.4 Å². The maximum atomic E-state index is 12.4. The quantitative estimate of drug-likeness (QED) is 0.877. The van der Waals surface area contributed by atoms with Crippen LogP contribution in [0.2, 0.25) is 0 Å². The van der Waals surface area contributed by atoms with Crippen molar-refractivity contribution in [1.29, 1.82) is 0 Å². The van der Waals surface area contributed by atoms with Crippen LogP contribution < -0.4 is 11.1 Å². The Balaban J connectivity index is 1.87. The Morgan fingerprint density at radius 2 is 2.45 bits per heavy atom. The molecule has 1 unspecified atom stereocenters. The van der Waals surface area contributed by atoms with Crippen LogP contribution in [0.15, 0.2) is 12.3 Å². The van der Waals surface area contributed by atoms with Gasteiger partial charge in [-0.2, -0.15) is 5.10 Å². The van der Waals surface area contributed by atoms with Crippen LogP contribution in [0.5, 0.6) is 0 Å². The zero-order valence-corrected chi connectivity index (χ0v) is 12.0. The molecule has 0 aromatic carbocycles. The van der Waals surface area contributed by atoms with E-state index in [9.17, 15) is 4.79 Å². The molecule has 1 fully saturated rings. The van der Waals surface area contributed by atoms with Gasteiger partial charge in [-0.3, -0.25) is 4.79 Å². The molecule has 20 heavy (non-hydrogen) atoms. The van der Waals surface area contributed by atoms with Crippen LogP contribution in [-0.2, 0) is 4.74 Å². The number of aromatic nitrogens is 2. The molecule has 1 aliphatic rings. The lowest BCUT2D eigenvalue weighted by atomic mass is 9.95. The normalized spacial score (nSPS) is 22.9. The van der Waals surface area contributed by atoms with Crippen molar-refractivity contribution in [3.05, 3.63) is 17.1 Å². The van der Waals surface area contributed by atoms with Crippen LogP contribution in [0.1, 0.15) is 29.4 Å². The number of thiophene rings is 1. The van der Waals surface area contributed by atoms with Gasteiger partial charge in [0.1, 0.15) is 9.71 Å². The van der Waals surface area contributed by atoms with E-state index >= 15 is 0 Å². The molecule has 3 N–H and O–H groups in total. The number of fused-ring (bicyclic) bond motifs is 1. The Morgan fingerprint density at radius 1 is 1.60 bits per heavy atom. The van der Waals surface area contributed by atoms with Crippen molar-refractivity contribution in [2.24, 2.45) is 0 Å². The fraction of sp³-hybridized carbons (Fsp3) is 0.462. The average molecular weight is 292 g/mol. The van der Waals surface area contributed by atoms with Gasteiger partial charge in [-0.25, -0.2) is 0 Å². The van der Waals surface area contributed by atoms with Gasteiger partial charge in [-0.05, 0) is 25.8 Å². The monoisotopic (exact) mass is 292 g/mol. The number of nitrogen functional groups attached to an aromatic ring is 1. The second-order valence-corrected chi connectivity index (χ2v) is 6.26. The summed E-state index contributed by atoms with van der Waals surface area (Å²) in [4.78, 5) is 13.6. The Kier molecular flexibility index (Phi) is 3.31. The molecule has 2 aromatic heterocycles. The molecule has 0 radical (unpaired) electrons. The molecule has 0 aliphatic carbocycles. The van der Waals surface area contributed by atoms with Crippen LogP contribution in [0.25, 0.3) is 10.2 Å². The van der Waals surface area contributed by atoms with E-state index in [1.165, 1.54) is 11.3 Å². The third kappa shape index (κ3) is 2.34. The maximum Gasteiger partial charge on any atom is 0.264 e. The van der Waals surface area contributed by atoms with Gasteiger partial charge in [0.25, 0.3) is 5.91 Å². The van der Waals surface area contributed by atoms with Crippen LogP contribution in [0.3, 0.4) is 0 Å². The second-order valence-electron chi connectivity index (χ2n) is 5.27. The summed E-state index contributed by atoms with van der Waals surface area (Å²) in [6.07, 6.45) is 3.43. The zero-order chi connectivity index (χ0) is 14.2. The smallest absolute Gasteiger partial charge is 0.264 e. The number of carbonyl (C=O) groups excluding carboxylic acids is 1. The van der Waals surface area contributed by atoms with E-state index in [0.29, 0.717) is 22.0 Å². The Hall–Kier alpha value is -1.73. The van der Waals surface area contributed by atoms with E-state index < -0.39 is 0 Å². The number of ether oxygens (including phenoxy) is 1. The number of carbonyl (C=O) groups is 1. The molecule has 6 nitrogen and oxygen atoms in total. The van der Waals surface area contributed by atoms with E-state index in [4.69, 9.17) is 10.5 Å². The summed E-state index contributed by atoms with van der Waals surface area (Å²) in [7, 11) is 0. The van der Waals surface area contributed by atoms with Crippen molar-refractivity contribution in [3.63, 3.8) is 0 Å². The summed E-state index contributed by atoms with van der Waals surface area (Å²) in [6.45, 7) is 3.28. The van der Waals surface area contributed by atoms with Crippen molar-refractivity contribution in [2.45, 2.75) is 25.3 Å². The fourth-order valence-electron chi connectivity index (χ4n) is 2.41. The number of anilines is 1. The number of nitrogens with zero attached hydrogens (tertiary/aromatic N) is 2. The molecular formula is C13H16N4O2S. The lowest BCUT2D eigenvalue weighted by molar-refractivity contribution is 0.0274. The highest BCUT2D eigenvalue weighted by Crippen LogP contribution is 2.32. The van der Waals surface area contributed by atoms with Crippen LogP contribution in [0, 0.1) is 0 Å². The lowest BCUT2D eigenvalue weighted by Crippen LogP contribution is -2.51. The van der Waals surface area contributed by atoms with E-state index in [1.807, 2.05) is 6.92 Å². The Bertz CT molecular complexity index is 649. The highest BCUT2D eigenvalue weighted by atomic mass is 32.1. The van der Waals surface area contributed by atoms with Gasteiger partial charge in [0.05, 0.1) is 24.0 Å². The number of hydrogen-bond donors (Lipinski definition) is 2. The molecule has 0 spiro atoms. The van der Waals surface area contributed by atoms with E-state index in [1.54, 1.807) is 12.3 Å². The molecule has 0 saturated carbocycles. The minimum Gasteiger partial charge on any atom is -0.397 e. The van der Waals surface area contributed by atoms with Crippen LogP contribution in [-0.4, -0.2) is 34.9 Å². The number of nitrogens with two attached hydrogens (primary N) is 1. The lowest BCUT2D eigenvalue weighted by Gasteiger charge is -2.34. The third-order valence-corrected chi connectivity index (χ3v) is 4.58. The first-order valence-electron chi connectivity index (χ1n) is 6.49. The molecule has 106 valence electrons. The molecule has 7 heteroatoms. The number of hydrogen-bond acceptors (Lipinski definition) is 6. The molecule has 0 bridgehead atoms. The average Bonchev–Trinajstić information content (AvgIpc) is 2.77. The number of nitrogens with one attached hydrogen (secondary N) is 1. The molecule has 3 heterocycles. The van der Waals surface area contributed by atoms with Crippen molar-refractivity contribution in [2.75, 3.05) is 18.9 Å². The summed E-state index contributed by atoms with van der Waals surface area (Å²) >= 11 is 1.27. The van der Waals surface area contributed by atoms with Crippen molar-refractivity contribution in [1.82, 2.24) is 15.5 Å². The molecule has 2 aromatic rings. The first-order valence-corrected chi connectivity index (χ1v) is 7.31. The highest BCUT2D eigenvalue weighted by Gasteiger charge is 2.31. The van der Waals surface area contributed by atoms with Crippen molar-refractivity contribution in [3.8, 4) is 0 Å². The first-order chi connectivity index (χ1) is 9.59. The Morgan fingerprint density at radius 3 is 3.15 bits per heavy atom. The van der Waals surface area contributed by atoms with E-state index in [2.05, 4.69) is 15.5 Å². The van der Waals surface area contributed by atoms with Gasteiger partial charge in [0.2, 0.25) is 0 Å². The van der Waals surface area contributed by atoms with Gasteiger partial charge in [0, 0.05) is 12.0 Å². The largest absolute Gasteiger partial charge is 0.397 e. The van der Waals surface area contributed by atoms with Gasteiger partial charge in [0.15, 0.2) is 0 Å². The maximum absolute atomic E-state index is 12.4. The molecule has 1 saturated heterocycles. The zero-order valence-electron chi connectivity index (χ0n) is 11.2. The number of rotatable bonds is 2. The predicted octanol–water partition coefficient (Wildman–Crippen LogP) is 1.57. The summed E-state index contributed by atoms with van der Waals surface area (Å²) in [6, 6.07) is 1.77.